The summed E-state index contributed by atoms with van der Waals surface area (Å²) in [6.07, 6.45) is 0. The van der Waals surface area contributed by atoms with Crippen molar-refractivity contribution in [3.63, 3.8) is 0 Å². The molecule has 1 aliphatic heterocycles. The zero-order valence-electron chi connectivity index (χ0n) is 16.7. The number of anilines is 2. The van der Waals surface area contributed by atoms with Crippen LogP contribution in [-0.4, -0.2) is 23.3 Å². The van der Waals surface area contributed by atoms with Crippen molar-refractivity contribution in [2.75, 3.05) is 16.8 Å². The number of hydrogen-bond acceptors (Lipinski definition) is 5. The Morgan fingerprint density at radius 3 is 2.58 bits per heavy atom. The van der Waals surface area contributed by atoms with Crippen LogP contribution in [0.15, 0.2) is 66.7 Å². The van der Waals surface area contributed by atoms with Crippen molar-refractivity contribution < 1.29 is 19.2 Å². The average molecular weight is 417 g/mol. The van der Waals surface area contributed by atoms with Crippen LogP contribution in [0.25, 0.3) is 0 Å². The summed E-state index contributed by atoms with van der Waals surface area (Å²) < 4.78 is 5.55. The lowest BCUT2D eigenvalue weighted by molar-refractivity contribution is -0.384. The molecule has 0 aromatic heterocycles. The van der Waals surface area contributed by atoms with Gasteiger partial charge >= 0.3 is 0 Å². The van der Waals surface area contributed by atoms with E-state index in [-0.39, 0.29) is 23.8 Å². The van der Waals surface area contributed by atoms with Gasteiger partial charge in [-0.15, -0.1) is 0 Å². The third kappa shape index (κ3) is 4.23. The minimum absolute atomic E-state index is 0.0482. The number of carbonyl (C=O) groups excluding carboxylic acids is 2. The maximum atomic E-state index is 12.6. The number of carbonyl (C=O) groups is 2. The second-order valence-electron chi connectivity index (χ2n) is 7.14. The van der Waals surface area contributed by atoms with Crippen molar-refractivity contribution in [1.82, 2.24) is 0 Å². The SMILES string of the molecule is Cc1ccccc1CN1C(=O)COc2ccc(NC(=O)c3ccc([N+](=O)[O-])cc3)cc21. The van der Waals surface area contributed by atoms with Crippen molar-refractivity contribution in [2.45, 2.75) is 13.5 Å². The number of non-ortho nitro benzene ring substituents is 1. The number of nitrogens with zero attached hydrogens (tertiary/aromatic N) is 2. The second-order valence-corrected chi connectivity index (χ2v) is 7.14. The third-order valence-corrected chi connectivity index (χ3v) is 5.09. The van der Waals surface area contributed by atoms with Crippen molar-refractivity contribution in [3.05, 3.63) is 93.5 Å². The van der Waals surface area contributed by atoms with Gasteiger partial charge in [-0.05, 0) is 48.4 Å². The number of fused-ring (bicyclic) bond motifs is 1. The molecule has 0 saturated heterocycles. The Kier molecular flexibility index (Phi) is 5.36. The largest absolute Gasteiger partial charge is 0.482 e. The molecule has 156 valence electrons. The molecule has 0 atom stereocenters. The Morgan fingerprint density at radius 2 is 1.87 bits per heavy atom. The highest BCUT2D eigenvalue weighted by atomic mass is 16.6. The minimum atomic E-state index is -0.523. The van der Waals surface area contributed by atoms with E-state index in [0.29, 0.717) is 23.7 Å². The van der Waals surface area contributed by atoms with Gasteiger partial charge in [0.1, 0.15) is 5.75 Å². The lowest BCUT2D eigenvalue weighted by atomic mass is 10.1. The average Bonchev–Trinajstić information content (AvgIpc) is 2.77. The molecular weight excluding hydrogens is 398 g/mol. The highest BCUT2D eigenvalue weighted by Gasteiger charge is 2.26. The van der Waals surface area contributed by atoms with Crippen LogP contribution in [0.5, 0.6) is 5.75 Å². The standard InChI is InChI=1S/C23H19N3O5/c1-15-4-2-3-5-17(15)13-25-20-12-18(8-11-21(20)31-14-22(25)27)24-23(28)16-6-9-19(10-7-16)26(29)30/h2-12H,13-14H2,1H3,(H,24,28). The molecule has 4 rings (SSSR count). The number of hydrogen-bond donors (Lipinski definition) is 1. The van der Waals surface area contributed by atoms with E-state index in [0.717, 1.165) is 11.1 Å². The summed E-state index contributed by atoms with van der Waals surface area (Å²) in [6, 6.07) is 18.2. The maximum absolute atomic E-state index is 12.6. The van der Waals surface area contributed by atoms with Crippen LogP contribution >= 0.6 is 0 Å². The summed E-state index contributed by atoms with van der Waals surface area (Å²) in [5.41, 5.74) is 3.34. The van der Waals surface area contributed by atoms with Crippen molar-refractivity contribution in [3.8, 4) is 5.75 Å². The topological polar surface area (TPSA) is 102 Å². The molecule has 0 spiro atoms. The normalized spacial score (nSPS) is 12.7. The number of aryl methyl sites for hydroxylation is 1. The number of nitro benzene ring substituents is 1. The molecule has 0 bridgehead atoms. The van der Waals surface area contributed by atoms with Gasteiger partial charge < -0.3 is 15.0 Å². The number of ether oxygens (including phenoxy) is 1. The maximum Gasteiger partial charge on any atom is 0.269 e. The molecule has 1 heterocycles. The highest BCUT2D eigenvalue weighted by Crippen LogP contribution is 2.36. The van der Waals surface area contributed by atoms with Gasteiger partial charge in [0.25, 0.3) is 17.5 Å². The second kappa shape index (κ2) is 8.27. The molecule has 8 nitrogen and oxygen atoms in total. The molecule has 8 heteroatoms. The van der Waals surface area contributed by atoms with E-state index in [4.69, 9.17) is 4.74 Å². The molecule has 0 aliphatic carbocycles. The molecule has 1 aliphatic rings. The van der Waals surface area contributed by atoms with Crippen LogP contribution in [0.1, 0.15) is 21.5 Å². The monoisotopic (exact) mass is 417 g/mol. The zero-order valence-corrected chi connectivity index (χ0v) is 16.7. The molecule has 0 unspecified atom stereocenters. The van der Waals surface area contributed by atoms with Gasteiger partial charge in [-0.2, -0.15) is 0 Å². The Balaban J connectivity index is 1.58. The first-order chi connectivity index (χ1) is 14.9. The fourth-order valence-electron chi connectivity index (χ4n) is 3.35. The van der Waals surface area contributed by atoms with E-state index in [1.54, 1.807) is 23.1 Å². The fourth-order valence-corrected chi connectivity index (χ4v) is 3.35. The predicted molar refractivity (Wildman–Crippen MR) is 115 cm³/mol. The molecule has 1 N–H and O–H groups in total. The number of nitrogens with one attached hydrogen (secondary N) is 1. The van der Waals surface area contributed by atoms with E-state index in [1.807, 2.05) is 31.2 Å². The molecule has 2 amide bonds. The minimum Gasteiger partial charge on any atom is -0.482 e. The predicted octanol–water partition coefficient (Wildman–Crippen LogP) is 4.08. The number of nitro groups is 1. The molecular formula is C23H19N3O5. The Morgan fingerprint density at radius 1 is 1.13 bits per heavy atom. The Bertz CT molecular complexity index is 1170. The van der Waals surface area contributed by atoms with Crippen LogP contribution in [-0.2, 0) is 11.3 Å². The number of amides is 2. The molecule has 3 aromatic carbocycles. The molecule has 31 heavy (non-hydrogen) atoms. The summed E-state index contributed by atoms with van der Waals surface area (Å²) >= 11 is 0. The van der Waals surface area contributed by atoms with Crippen LogP contribution in [0, 0.1) is 17.0 Å². The van der Waals surface area contributed by atoms with E-state index in [2.05, 4.69) is 5.32 Å². The first-order valence-corrected chi connectivity index (χ1v) is 9.60. The summed E-state index contributed by atoms with van der Waals surface area (Å²) in [4.78, 5) is 37.0. The van der Waals surface area contributed by atoms with E-state index in [1.165, 1.54) is 24.3 Å². The summed E-state index contributed by atoms with van der Waals surface area (Å²) in [5.74, 6) is -0.0283. The number of benzene rings is 3. The van der Waals surface area contributed by atoms with Crippen LogP contribution in [0.4, 0.5) is 17.1 Å². The smallest absolute Gasteiger partial charge is 0.269 e. The van der Waals surface area contributed by atoms with Gasteiger partial charge in [-0.25, -0.2) is 0 Å². The lowest BCUT2D eigenvalue weighted by Gasteiger charge is -2.30. The van der Waals surface area contributed by atoms with Crippen LogP contribution in [0.3, 0.4) is 0 Å². The van der Waals surface area contributed by atoms with Gasteiger partial charge in [-0.1, -0.05) is 24.3 Å². The van der Waals surface area contributed by atoms with Crippen LogP contribution < -0.4 is 15.0 Å². The highest BCUT2D eigenvalue weighted by molar-refractivity contribution is 6.05. The van der Waals surface area contributed by atoms with Crippen molar-refractivity contribution in [1.29, 1.82) is 0 Å². The van der Waals surface area contributed by atoms with E-state index >= 15 is 0 Å². The molecule has 0 saturated carbocycles. The molecule has 0 radical (unpaired) electrons. The van der Waals surface area contributed by atoms with E-state index in [9.17, 15) is 19.7 Å². The first-order valence-electron chi connectivity index (χ1n) is 9.60. The number of rotatable bonds is 5. The van der Waals surface area contributed by atoms with Gasteiger partial charge in [0.15, 0.2) is 6.61 Å². The Hall–Kier alpha value is -4.20. The Labute approximate surface area is 178 Å². The zero-order chi connectivity index (χ0) is 22.0. The lowest BCUT2D eigenvalue weighted by Crippen LogP contribution is -2.38. The van der Waals surface area contributed by atoms with Gasteiger partial charge in [0.05, 0.1) is 17.2 Å². The summed E-state index contributed by atoms with van der Waals surface area (Å²) in [7, 11) is 0. The van der Waals surface area contributed by atoms with Gasteiger partial charge in [-0.3, -0.25) is 19.7 Å². The first kappa shape index (κ1) is 20.1. The summed E-state index contributed by atoms with van der Waals surface area (Å²) in [5, 5.41) is 13.5. The molecule has 0 fully saturated rings. The van der Waals surface area contributed by atoms with E-state index < -0.39 is 10.8 Å². The van der Waals surface area contributed by atoms with Crippen molar-refractivity contribution >= 4 is 28.9 Å². The third-order valence-electron chi connectivity index (χ3n) is 5.09. The molecule has 3 aromatic rings. The van der Waals surface area contributed by atoms with Crippen molar-refractivity contribution in [2.24, 2.45) is 0 Å². The quantitative estimate of drug-likeness (QED) is 0.498. The van der Waals surface area contributed by atoms with Gasteiger partial charge in [0, 0.05) is 23.4 Å². The van der Waals surface area contributed by atoms with Gasteiger partial charge in [0.2, 0.25) is 0 Å². The fraction of sp³-hybridized carbons (Fsp3) is 0.130. The van der Waals surface area contributed by atoms with Crippen LogP contribution in [0.2, 0.25) is 0 Å². The summed E-state index contributed by atoms with van der Waals surface area (Å²) in [6.45, 7) is 2.33.